The first-order valence-electron chi connectivity index (χ1n) is 6.99. The molecule has 20 heavy (non-hydrogen) atoms. The molecule has 0 aliphatic carbocycles. The van der Waals surface area contributed by atoms with E-state index in [4.69, 9.17) is 27.4 Å². The van der Waals surface area contributed by atoms with Crippen LogP contribution in [0.1, 0.15) is 39.2 Å². The molecule has 112 valence electrons. The fourth-order valence-electron chi connectivity index (χ4n) is 1.55. The number of thiocarbonyl (C=S) groups is 1. The van der Waals surface area contributed by atoms with Crippen LogP contribution in [0.3, 0.4) is 0 Å². The number of rotatable bonds is 8. The Hall–Kier alpha value is -1.13. The lowest BCUT2D eigenvalue weighted by atomic mass is 9.93. The second-order valence-electron chi connectivity index (χ2n) is 6.01. The maximum Gasteiger partial charge on any atom is 0.119 e. The van der Waals surface area contributed by atoms with Gasteiger partial charge in [-0.1, -0.05) is 33.0 Å². The Morgan fingerprint density at radius 1 is 1.10 bits per heavy atom. The SMILES string of the molecule is CC(C)(C)CCOCCCOc1ccc(C(N)=S)cc1. The van der Waals surface area contributed by atoms with Crippen LogP contribution in [-0.4, -0.2) is 24.8 Å². The number of nitrogens with two attached hydrogens (primary N) is 1. The molecular weight excluding hydrogens is 270 g/mol. The van der Waals surface area contributed by atoms with Crippen LogP contribution in [0.15, 0.2) is 24.3 Å². The number of benzene rings is 1. The van der Waals surface area contributed by atoms with Crippen LogP contribution in [0, 0.1) is 5.41 Å². The third kappa shape index (κ3) is 7.46. The van der Waals surface area contributed by atoms with E-state index in [0.717, 1.165) is 37.4 Å². The standard InChI is InChI=1S/C16H25NO2S/c1-16(2,3)9-12-18-10-4-11-19-14-7-5-13(6-8-14)15(17)20/h5-8H,4,9-12H2,1-3H3,(H2,17,20). The molecule has 0 spiro atoms. The Morgan fingerprint density at radius 2 is 1.75 bits per heavy atom. The first kappa shape index (κ1) is 16.9. The van der Waals surface area contributed by atoms with Gasteiger partial charge in [0.2, 0.25) is 0 Å². The summed E-state index contributed by atoms with van der Waals surface area (Å²) >= 11 is 4.90. The monoisotopic (exact) mass is 295 g/mol. The predicted octanol–water partition coefficient (Wildman–Crippen LogP) is 3.54. The molecule has 0 heterocycles. The zero-order valence-electron chi connectivity index (χ0n) is 12.6. The highest BCUT2D eigenvalue weighted by molar-refractivity contribution is 7.80. The van der Waals surface area contributed by atoms with E-state index >= 15 is 0 Å². The zero-order chi connectivity index (χ0) is 15.0. The van der Waals surface area contributed by atoms with E-state index in [1.807, 2.05) is 24.3 Å². The second-order valence-corrected chi connectivity index (χ2v) is 6.45. The van der Waals surface area contributed by atoms with E-state index in [1.54, 1.807) is 0 Å². The molecule has 1 aromatic carbocycles. The van der Waals surface area contributed by atoms with Crippen molar-refractivity contribution < 1.29 is 9.47 Å². The molecule has 0 unspecified atom stereocenters. The molecule has 3 nitrogen and oxygen atoms in total. The first-order chi connectivity index (χ1) is 9.38. The minimum absolute atomic E-state index is 0.335. The first-order valence-corrected chi connectivity index (χ1v) is 7.40. The smallest absolute Gasteiger partial charge is 0.119 e. The van der Waals surface area contributed by atoms with Crippen molar-refractivity contribution in [3.05, 3.63) is 29.8 Å². The molecule has 0 atom stereocenters. The second kappa shape index (κ2) is 8.22. The Morgan fingerprint density at radius 3 is 2.30 bits per heavy atom. The van der Waals surface area contributed by atoms with Gasteiger partial charge < -0.3 is 15.2 Å². The summed E-state index contributed by atoms with van der Waals surface area (Å²) in [5.74, 6) is 0.833. The quantitative estimate of drug-likeness (QED) is 0.588. The summed E-state index contributed by atoms with van der Waals surface area (Å²) in [5, 5.41) is 0. The topological polar surface area (TPSA) is 44.5 Å². The third-order valence-corrected chi connectivity index (χ3v) is 3.07. The molecule has 2 N–H and O–H groups in total. The van der Waals surface area contributed by atoms with E-state index in [2.05, 4.69) is 20.8 Å². The van der Waals surface area contributed by atoms with Crippen LogP contribution < -0.4 is 10.5 Å². The molecule has 0 fully saturated rings. The lowest BCUT2D eigenvalue weighted by molar-refractivity contribution is 0.0973. The van der Waals surface area contributed by atoms with E-state index in [1.165, 1.54) is 0 Å². The molecular formula is C16H25NO2S. The molecule has 0 amide bonds. The van der Waals surface area contributed by atoms with Crippen molar-refractivity contribution in [3.63, 3.8) is 0 Å². The summed E-state index contributed by atoms with van der Waals surface area (Å²) in [6.45, 7) is 8.86. The molecule has 0 aliphatic rings. The summed E-state index contributed by atoms with van der Waals surface area (Å²) in [7, 11) is 0. The predicted molar refractivity (Wildman–Crippen MR) is 87.3 cm³/mol. The van der Waals surface area contributed by atoms with E-state index in [-0.39, 0.29) is 0 Å². The summed E-state index contributed by atoms with van der Waals surface area (Å²) in [5.41, 5.74) is 6.73. The van der Waals surface area contributed by atoms with Crippen molar-refractivity contribution in [1.29, 1.82) is 0 Å². The van der Waals surface area contributed by atoms with Crippen LogP contribution in [0.4, 0.5) is 0 Å². The lowest BCUT2D eigenvalue weighted by Crippen LogP contribution is -2.11. The average molecular weight is 295 g/mol. The van der Waals surface area contributed by atoms with Crippen LogP contribution in [0.5, 0.6) is 5.75 Å². The van der Waals surface area contributed by atoms with Gasteiger partial charge in [0.05, 0.1) is 6.61 Å². The van der Waals surface area contributed by atoms with Gasteiger partial charge in [-0.15, -0.1) is 0 Å². The van der Waals surface area contributed by atoms with Gasteiger partial charge in [-0.05, 0) is 36.1 Å². The van der Waals surface area contributed by atoms with Crippen molar-refractivity contribution in [2.45, 2.75) is 33.6 Å². The van der Waals surface area contributed by atoms with Crippen molar-refractivity contribution in [1.82, 2.24) is 0 Å². The van der Waals surface area contributed by atoms with E-state index in [9.17, 15) is 0 Å². The summed E-state index contributed by atoms with van der Waals surface area (Å²) in [6.07, 6.45) is 1.97. The zero-order valence-corrected chi connectivity index (χ0v) is 13.5. The normalized spacial score (nSPS) is 11.3. The van der Waals surface area contributed by atoms with Crippen LogP contribution in [0.2, 0.25) is 0 Å². The van der Waals surface area contributed by atoms with Gasteiger partial charge in [0.15, 0.2) is 0 Å². The summed E-state index contributed by atoms with van der Waals surface area (Å²) in [4.78, 5) is 0.406. The highest BCUT2D eigenvalue weighted by atomic mass is 32.1. The Kier molecular flexibility index (Phi) is 6.96. The maximum absolute atomic E-state index is 5.62. The average Bonchev–Trinajstić information content (AvgIpc) is 2.37. The van der Waals surface area contributed by atoms with Crippen molar-refractivity contribution in [3.8, 4) is 5.75 Å². The van der Waals surface area contributed by atoms with Gasteiger partial charge in [0, 0.05) is 25.2 Å². The van der Waals surface area contributed by atoms with Gasteiger partial charge in [-0.25, -0.2) is 0 Å². The number of ether oxygens (including phenoxy) is 2. The van der Waals surface area contributed by atoms with Crippen molar-refractivity contribution >= 4 is 17.2 Å². The molecule has 0 bridgehead atoms. The largest absolute Gasteiger partial charge is 0.494 e. The van der Waals surface area contributed by atoms with Crippen molar-refractivity contribution in [2.75, 3.05) is 19.8 Å². The molecule has 1 aromatic rings. The lowest BCUT2D eigenvalue weighted by Gasteiger charge is -2.17. The van der Waals surface area contributed by atoms with E-state index in [0.29, 0.717) is 17.0 Å². The molecule has 0 saturated heterocycles. The number of hydrogen-bond donors (Lipinski definition) is 1. The molecule has 1 rings (SSSR count). The third-order valence-electron chi connectivity index (χ3n) is 2.84. The highest BCUT2D eigenvalue weighted by Gasteiger charge is 2.08. The van der Waals surface area contributed by atoms with Gasteiger partial charge >= 0.3 is 0 Å². The summed E-state index contributed by atoms with van der Waals surface area (Å²) in [6, 6.07) is 7.51. The molecule has 0 radical (unpaired) electrons. The van der Waals surface area contributed by atoms with Gasteiger partial charge in [0.25, 0.3) is 0 Å². The maximum atomic E-state index is 5.62. The van der Waals surface area contributed by atoms with Gasteiger partial charge in [-0.3, -0.25) is 0 Å². The van der Waals surface area contributed by atoms with Crippen LogP contribution >= 0.6 is 12.2 Å². The highest BCUT2D eigenvalue weighted by Crippen LogP contribution is 2.18. The molecule has 0 aromatic heterocycles. The molecule has 4 heteroatoms. The fraction of sp³-hybridized carbons (Fsp3) is 0.562. The fourth-order valence-corrected chi connectivity index (χ4v) is 1.68. The van der Waals surface area contributed by atoms with Gasteiger partial charge in [-0.2, -0.15) is 0 Å². The van der Waals surface area contributed by atoms with Crippen LogP contribution in [-0.2, 0) is 4.74 Å². The summed E-state index contributed by atoms with van der Waals surface area (Å²) < 4.78 is 11.2. The minimum Gasteiger partial charge on any atom is -0.494 e. The van der Waals surface area contributed by atoms with Gasteiger partial charge in [0.1, 0.15) is 10.7 Å². The van der Waals surface area contributed by atoms with Crippen molar-refractivity contribution in [2.24, 2.45) is 11.1 Å². The molecule has 0 saturated carbocycles. The Bertz CT molecular complexity index is 409. The Labute approximate surface area is 127 Å². The Balaban J connectivity index is 2.11. The van der Waals surface area contributed by atoms with Crippen LogP contribution in [0.25, 0.3) is 0 Å². The van der Waals surface area contributed by atoms with E-state index < -0.39 is 0 Å². The number of hydrogen-bond acceptors (Lipinski definition) is 3. The molecule has 0 aliphatic heterocycles. The minimum atomic E-state index is 0.335.